The molecule has 0 saturated heterocycles. The van der Waals surface area contributed by atoms with Gasteiger partial charge in [-0.05, 0) is 87.8 Å². The van der Waals surface area contributed by atoms with Crippen molar-refractivity contribution in [3.8, 4) is 33.8 Å². The van der Waals surface area contributed by atoms with Gasteiger partial charge in [-0.1, -0.05) is 78.9 Å². The van der Waals surface area contributed by atoms with E-state index in [4.69, 9.17) is 14.7 Å². The highest BCUT2D eigenvalue weighted by molar-refractivity contribution is 9.10. The van der Waals surface area contributed by atoms with Crippen LogP contribution in [0.4, 0.5) is 0 Å². The largest absolute Gasteiger partial charge is 0.453 e. The number of nitrogens with one attached hydrogen (secondary N) is 2. The van der Waals surface area contributed by atoms with Gasteiger partial charge in [0.1, 0.15) is 17.1 Å². The van der Waals surface area contributed by atoms with Crippen molar-refractivity contribution in [1.82, 2.24) is 19.9 Å². The Morgan fingerprint density at radius 1 is 0.455 bits per heavy atom. The summed E-state index contributed by atoms with van der Waals surface area (Å²) in [5.74, 6) is 1.31. The van der Waals surface area contributed by atoms with Crippen molar-refractivity contribution in [3.63, 3.8) is 0 Å². The number of hydrogen-bond acceptors (Lipinski definition) is 3. The molecule has 8 rings (SSSR count). The van der Waals surface area contributed by atoms with E-state index in [2.05, 4.69) is 74.4 Å². The quantitative estimate of drug-likeness (QED) is 0.203. The molecule has 2 aliphatic rings. The highest BCUT2D eigenvalue weighted by Crippen LogP contribution is 2.38. The molecule has 0 atom stereocenters. The molecule has 0 radical (unpaired) electrons. The highest BCUT2D eigenvalue weighted by Gasteiger charge is 2.19. The first-order chi connectivity index (χ1) is 21.7. The van der Waals surface area contributed by atoms with E-state index in [1.54, 1.807) is 0 Å². The third-order valence-electron chi connectivity index (χ3n) is 7.73. The molecule has 8 bridgehead atoms. The Bertz CT molecular complexity index is 2110. The third kappa shape index (κ3) is 4.75. The summed E-state index contributed by atoms with van der Waals surface area (Å²) >= 11 is 3.87. The fraction of sp³-hybridized carbons (Fsp3) is 0. The number of fused-ring (bicyclic) bond motifs is 8. The number of ether oxygens (including phenoxy) is 1. The van der Waals surface area contributed by atoms with E-state index < -0.39 is 0 Å². The summed E-state index contributed by atoms with van der Waals surface area (Å²) in [5, 5.41) is 0. The van der Waals surface area contributed by atoms with E-state index in [0.29, 0.717) is 22.9 Å². The molecule has 0 saturated carbocycles. The Hall–Kier alpha value is -5.46. The molecular weight excluding hydrogens is 608 g/mol. The van der Waals surface area contributed by atoms with Gasteiger partial charge in [0.25, 0.3) is 0 Å². The molecule has 0 amide bonds. The van der Waals surface area contributed by atoms with E-state index in [1.807, 2.05) is 91.0 Å². The molecule has 6 aromatic rings. The fourth-order valence-electron chi connectivity index (χ4n) is 5.67. The normalized spacial score (nSPS) is 12.0. The van der Waals surface area contributed by atoms with Gasteiger partial charge in [0.2, 0.25) is 0 Å². The highest BCUT2D eigenvalue weighted by atomic mass is 79.9. The van der Waals surface area contributed by atoms with Crippen LogP contribution < -0.4 is 4.74 Å². The van der Waals surface area contributed by atoms with Gasteiger partial charge in [0, 0.05) is 22.2 Å². The van der Waals surface area contributed by atoms with Gasteiger partial charge in [-0.25, -0.2) is 9.97 Å². The summed E-state index contributed by atoms with van der Waals surface area (Å²) in [6, 6.07) is 38.8. The lowest BCUT2D eigenvalue weighted by atomic mass is 10.0. The van der Waals surface area contributed by atoms with Gasteiger partial charge in [-0.3, -0.25) is 0 Å². The lowest BCUT2D eigenvalue weighted by Gasteiger charge is -2.08. The number of aromatic amines is 2. The van der Waals surface area contributed by atoms with Crippen LogP contribution in [-0.4, -0.2) is 19.9 Å². The standard InChI is InChI=1S/C38H25BrN4O/c39-37-31-20-16-27(40-31)35(24-10-4-1-5-11-24)29-18-22-33(42-29)38(44-26-14-8-3-9-15-26)34-23-19-30(43-34)36(25-12-6-2-7-13-25)28-17-21-32(37)41-28/h1-23,40-41H. The SMILES string of the molecule is Brc1c2ccc([nH]2)c(-c2ccccc2)c2nc(c(Oc3ccccc3)c3nc(c(-c4ccccc4)c4ccc1[nH]4)C=C3)C=C2. The van der Waals surface area contributed by atoms with Crippen LogP contribution in [0.3, 0.4) is 0 Å². The van der Waals surface area contributed by atoms with E-state index in [1.165, 1.54) is 0 Å². The zero-order chi connectivity index (χ0) is 29.5. The van der Waals surface area contributed by atoms with Crippen LogP contribution in [-0.2, 0) is 0 Å². The van der Waals surface area contributed by atoms with Gasteiger partial charge < -0.3 is 14.7 Å². The molecule has 2 aliphatic heterocycles. The van der Waals surface area contributed by atoms with Crippen molar-refractivity contribution in [2.75, 3.05) is 0 Å². The number of H-pyrrole nitrogens is 2. The predicted molar refractivity (Wildman–Crippen MR) is 184 cm³/mol. The third-order valence-corrected chi connectivity index (χ3v) is 8.58. The maximum Gasteiger partial charge on any atom is 0.178 e. The number of aromatic nitrogens is 4. The van der Waals surface area contributed by atoms with Crippen LogP contribution in [0.25, 0.3) is 68.6 Å². The molecule has 6 heteroatoms. The summed E-state index contributed by atoms with van der Waals surface area (Å²) in [6.07, 6.45) is 8.11. The van der Waals surface area contributed by atoms with Crippen molar-refractivity contribution in [2.24, 2.45) is 0 Å². The van der Waals surface area contributed by atoms with E-state index in [-0.39, 0.29) is 0 Å². The summed E-state index contributed by atoms with van der Waals surface area (Å²) in [5.41, 5.74) is 11.0. The molecule has 3 aromatic carbocycles. The minimum Gasteiger partial charge on any atom is -0.453 e. The van der Waals surface area contributed by atoms with Crippen LogP contribution in [0.5, 0.6) is 11.5 Å². The van der Waals surface area contributed by atoms with Crippen LogP contribution in [0.15, 0.2) is 120 Å². The molecule has 210 valence electrons. The second-order valence-corrected chi connectivity index (χ2v) is 11.3. The first-order valence-corrected chi connectivity index (χ1v) is 15.2. The Balaban J connectivity index is 1.52. The molecule has 0 fully saturated rings. The van der Waals surface area contributed by atoms with Gasteiger partial charge >= 0.3 is 0 Å². The predicted octanol–water partition coefficient (Wildman–Crippen LogP) is 10.5. The first-order valence-electron chi connectivity index (χ1n) is 14.4. The molecular formula is C38H25BrN4O. The van der Waals surface area contributed by atoms with Crippen molar-refractivity contribution >= 4 is 62.3 Å². The Morgan fingerprint density at radius 2 is 0.864 bits per heavy atom. The van der Waals surface area contributed by atoms with Crippen LogP contribution in [0.1, 0.15) is 22.8 Å². The average Bonchev–Trinajstić information content (AvgIpc) is 3.90. The summed E-state index contributed by atoms with van der Waals surface area (Å²) in [4.78, 5) is 17.6. The lowest BCUT2D eigenvalue weighted by molar-refractivity contribution is 0.477. The maximum absolute atomic E-state index is 6.56. The number of rotatable bonds is 4. The fourth-order valence-corrected chi connectivity index (χ4v) is 6.14. The molecule has 2 N–H and O–H groups in total. The van der Waals surface area contributed by atoms with Crippen molar-refractivity contribution < 1.29 is 4.74 Å². The zero-order valence-corrected chi connectivity index (χ0v) is 25.0. The summed E-state index contributed by atoms with van der Waals surface area (Å²) < 4.78 is 7.49. The van der Waals surface area contributed by atoms with Crippen LogP contribution in [0, 0.1) is 0 Å². The van der Waals surface area contributed by atoms with Gasteiger partial charge in [-0.2, -0.15) is 0 Å². The zero-order valence-electron chi connectivity index (χ0n) is 23.5. The minimum absolute atomic E-state index is 0.594. The summed E-state index contributed by atoms with van der Waals surface area (Å²) in [6.45, 7) is 0. The molecule has 0 aliphatic carbocycles. The number of nitrogens with zero attached hydrogens (tertiary/aromatic N) is 2. The van der Waals surface area contributed by atoms with E-state index in [9.17, 15) is 0 Å². The van der Waals surface area contributed by atoms with Gasteiger partial charge in [0.05, 0.1) is 26.9 Å². The molecule has 5 nitrogen and oxygen atoms in total. The molecule has 0 unspecified atom stereocenters. The Morgan fingerprint density at radius 3 is 1.34 bits per heavy atom. The minimum atomic E-state index is 0.594. The molecule has 3 aromatic heterocycles. The van der Waals surface area contributed by atoms with Gasteiger partial charge in [-0.15, -0.1) is 0 Å². The number of para-hydroxylation sites is 1. The van der Waals surface area contributed by atoms with E-state index >= 15 is 0 Å². The molecule has 0 spiro atoms. The lowest BCUT2D eigenvalue weighted by Crippen LogP contribution is -1.92. The first kappa shape index (κ1) is 26.2. The topological polar surface area (TPSA) is 66.6 Å². The summed E-state index contributed by atoms with van der Waals surface area (Å²) in [7, 11) is 0. The Kier molecular flexibility index (Phi) is 6.54. The number of benzene rings is 3. The smallest absolute Gasteiger partial charge is 0.178 e. The second kappa shape index (κ2) is 11.0. The molecule has 44 heavy (non-hydrogen) atoms. The second-order valence-electron chi connectivity index (χ2n) is 10.5. The van der Waals surface area contributed by atoms with Gasteiger partial charge in [0.15, 0.2) is 5.75 Å². The van der Waals surface area contributed by atoms with Crippen molar-refractivity contribution in [3.05, 3.63) is 143 Å². The Labute approximate surface area is 262 Å². The number of halogens is 1. The van der Waals surface area contributed by atoms with E-state index in [0.717, 1.165) is 60.2 Å². The molecule has 5 heterocycles. The van der Waals surface area contributed by atoms with Crippen molar-refractivity contribution in [1.29, 1.82) is 0 Å². The van der Waals surface area contributed by atoms with Crippen LogP contribution >= 0.6 is 15.9 Å². The number of hydrogen-bond donors (Lipinski definition) is 2. The average molecular weight is 634 g/mol. The monoisotopic (exact) mass is 632 g/mol. The van der Waals surface area contributed by atoms with Crippen molar-refractivity contribution in [2.45, 2.75) is 0 Å². The maximum atomic E-state index is 6.56. The van der Waals surface area contributed by atoms with Crippen LogP contribution in [0.2, 0.25) is 0 Å².